The summed E-state index contributed by atoms with van der Waals surface area (Å²) in [5.74, 6) is -1.24. The van der Waals surface area contributed by atoms with Crippen LogP contribution >= 0.6 is 0 Å². The predicted octanol–water partition coefficient (Wildman–Crippen LogP) is 3.86. The first-order valence-electron chi connectivity index (χ1n) is 7.51. The third kappa shape index (κ3) is 8.71. The van der Waals surface area contributed by atoms with Gasteiger partial charge in [0, 0.05) is 0 Å². The number of aliphatic carboxylic acids is 1. The summed E-state index contributed by atoms with van der Waals surface area (Å²) in [4.78, 5) is 10.8. The lowest BCUT2D eigenvalue weighted by Gasteiger charge is -2.39. The molecule has 3 N–H and O–H groups in total. The van der Waals surface area contributed by atoms with Crippen molar-refractivity contribution in [3.8, 4) is 0 Å². The van der Waals surface area contributed by atoms with Crippen LogP contribution in [0.1, 0.15) is 54.4 Å². The van der Waals surface area contributed by atoms with Crippen molar-refractivity contribution in [2.45, 2.75) is 78.6 Å². The number of rotatable bonds is 6. The minimum absolute atomic E-state index is 0.124. The molecule has 0 aliphatic carbocycles. The van der Waals surface area contributed by atoms with Gasteiger partial charge in [0.1, 0.15) is 0 Å². The van der Waals surface area contributed by atoms with E-state index < -0.39 is 20.2 Å². The van der Waals surface area contributed by atoms with Crippen LogP contribution in [-0.2, 0) is 9.22 Å². The summed E-state index contributed by atoms with van der Waals surface area (Å²) >= 11 is 0. The zero-order valence-electron chi connectivity index (χ0n) is 14.6. The molecular formula is C15H35NO3Si. The van der Waals surface area contributed by atoms with Gasteiger partial charge < -0.3 is 15.3 Å². The van der Waals surface area contributed by atoms with Crippen molar-refractivity contribution in [1.82, 2.24) is 0 Å². The van der Waals surface area contributed by atoms with Crippen molar-refractivity contribution < 1.29 is 14.3 Å². The van der Waals surface area contributed by atoms with Crippen LogP contribution in [0.3, 0.4) is 0 Å². The first-order chi connectivity index (χ1) is 8.90. The van der Waals surface area contributed by atoms with Gasteiger partial charge in [0.2, 0.25) is 0 Å². The fourth-order valence-electron chi connectivity index (χ4n) is 1.15. The van der Waals surface area contributed by atoms with Crippen LogP contribution in [-0.4, -0.2) is 32.0 Å². The summed E-state index contributed by atoms with van der Waals surface area (Å²) in [5.41, 5.74) is 5.14. The molecule has 0 saturated carbocycles. The van der Waals surface area contributed by atoms with E-state index in [-0.39, 0.29) is 11.1 Å². The van der Waals surface area contributed by atoms with Crippen LogP contribution < -0.4 is 5.73 Å². The molecule has 0 aliphatic rings. The normalized spacial score (nSPS) is 15.1. The summed E-state index contributed by atoms with van der Waals surface area (Å²) < 4.78 is 5.98. The molecule has 5 heteroatoms. The summed E-state index contributed by atoms with van der Waals surface area (Å²) in [5, 5.41) is 9.01. The van der Waals surface area contributed by atoms with Crippen LogP contribution in [0.2, 0.25) is 18.1 Å². The molecule has 0 saturated heterocycles. The first-order valence-corrected chi connectivity index (χ1v) is 10.4. The van der Waals surface area contributed by atoms with E-state index in [1.54, 1.807) is 6.92 Å². The summed E-state index contributed by atoms with van der Waals surface area (Å²) in [6, 6.07) is 0. The standard InChI is InChI=1S/C11H24O3Si.C4H11N/c1-8(10(12)13)9(2)14-15(6,7)11(3,4)5;1-2-3-4-5/h8-9H,1-7H3,(H,12,13);2-5H2,1H3/t8-,9+;/m0./s1. The fraction of sp³-hybridized carbons (Fsp3) is 0.933. The van der Waals surface area contributed by atoms with E-state index in [1.807, 2.05) is 6.92 Å². The second kappa shape index (κ2) is 9.53. The van der Waals surface area contributed by atoms with Gasteiger partial charge in [-0.1, -0.05) is 34.1 Å². The highest BCUT2D eigenvalue weighted by molar-refractivity contribution is 6.74. The maximum absolute atomic E-state index is 10.8. The molecule has 0 aromatic heterocycles. The number of hydrogen-bond acceptors (Lipinski definition) is 3. The van der Waals surface area contributed by atoms with Gasteiger partial charge in [0.15, 0.2) is 8.32 Å². The largest absolute Gasteiger partial charge is 0.481 e. The van der Waals surface area contributed by atoms with E-state index in [0.717, 1.165) is 6.54 Å². The van der Waals surface area contributed by atoms with E-state index in [2.05, 4.69) is 40.8 Å². The van der Waals surface area contributed by atoms with E-state index >= 15 is 0 Å². The topological polar surface area (TPSA) is 72.6 Å². The average molecular weight is 306 g/mol. The number of unbranched alkanes of at least 4 members (excludes halogenated alkanes) is 1. The Morgan fingerprint density at radius 3 is 1.95 bits per heavy atom. The zero-order valence-corrected chi connectivity index (χ0v) is 15.6. The van der Waals surface area contributed by atoms with Crippen molar-refractivity contribution in [1.29, 1.82) is 0 Å². The van der Waals surface area contributed by atoms with Gasteiger partial charge in [-0.25, -0.2) is 0 Å². The Morgan fingerprint density at radius 2 is 1.75 bits per heavy atom. The summed E-state index contributed by atoms with van der Waals surface area (Å²) in [7, 11) is -1.84. The molecule has 0 fully saturated rings. The lowest BCUT2D eigenvalue weighted by Crippen LogP contribution is -2.45. The van der Waals surface area contributed by atoms with Gasteiger partial charge in [0.25, 0.3) is 0 Å². The number of nitrogens with two attached hydrogens (primary N) is 1. The Kier molecular flexibility index (Phi) is 10.4. The van der Waals surface area contributed by atoms with Crippen molar-refractivity contribution in [3.63, 3.8) is 0 Å². The van der Waals surface area contributed by atoms with E-state index in [4.69, 9.17) is 15.3 Å². The van der Waals surface area contributed by atoms with Gasteiger partial charge in [0.05, 0.1) is 12.0 Å². The molecule has 0 unspecified atom stereocenters. The molecule has 0 rings (SSSR count). The molecule has 4 nitrogen and oxygen atoms in total. The SMILES string of the molecule is CCCCN.C[C@H](C(=O)O)[C@@H](C)O[Si](C)(C)C(C)(C)C. The molecular weight excluding hydrogens is 270 g/mol. The van der Waals surface area contributed by atoms with Gasteiger partial charge >= 0.3 is 5.97 Å². The van der Waals surface area contributed by atoms with Crippen LogP contribution in [0.25, 0.3) is 0 Å². The minimum Gasteiger partial charge on any atom is -0.481 e. The van der Waals surface area contributed by atoms with Gasteiger partial charge in [-0.2, -0.15) is 0 Å². The Labute approximate surface area is 126 Å². The Bertz CT molecular complexity index is 273. The maximum Gasteiger partial charge on any atom is 0.308 e. The highest BCUT2D eigenvalue weighted by Crippen LogP contribution is 2.37. The Morgan fingerprint density at radius 1 is 1.30 bits per heavy atom. The fourth-order valence-corrected chi connectivity index (χ4v) is 2.64. The van der Waals surface area contributed by atoms with Crippen LogP contribution in [0, 0.1) is 5.92 Å². The molecule has 0 heterocycles. The van der Waals surface area contributed by atoms with Gasteiger partial charge in [-0.15, -0.1) is 0 Å². The molecule has 0 aromatic rings. The number of carboxylic acids is 1. The second-order valence-electron chi connectivity index (χ2n) is 6.85. The summed E-state index contributed by atoms with van der Waals surface area (Å²) in [6.45, 7) is 17.2. The van der Waals surface area contributed by atoms with E-state index in [9.17, 15) is 4.79 Å². The van der Waals surface area contributed by atoms with E-state index in [1.165, 1.54) is 12.8 Å². The number of carbonyl (C=O) groups is 1. The van der Waals surface area contributed by atoms with Crippen molar-refractivity contribution in [3.05, 3.63) is 0 Å². The molecule has 0 bridgehead atoms. The average Bonchev–Trinajstić information content (AvgIpc) is 2.27. The highest BCUT2D eigenvalue weighted by Gasteiger charge is 2.39. The quantitative estimate of drug-likeness (QED) is 0.731. The van der Waals surface area contributed by atoms with Crippen LogP contribution in [0.5, 0.6) is 0 Å². The second-order valence-corrected chi connectivity index (χ2v) is 11.6. The zero-order chi connectivity index (χ0) is 16.6. The predicted molar refractivity (Wildman–Crippen MR) is 88.5 cm³/mol. The smallest absolute Gasteiger partial charge is 0.308 e. The third-order valence-corrected chi connectivity index (χ3v) is 8.51. The molecule has 2 atom stereocenters. The number of hydrogen-bond donors (Lipinski definition) is 2. The van der Waals surface area contributed by atoms with Gasteiger partial charge in [-0.3, -0.25) is 4.79 Å². The highest BCUT2D eigenvalue weighted by atomic mass is 28.4. The third-order valence-electron chi connectivity index (χ3n) is 3.94. The van der Waals surface area contributed by atoms with E-state index in [0.29, 0.717) is 0 Å². The van der Waals surface area contributed by atoms with Crippen molar-refractivity contribution in [2.75, 3.05) is 6.54 Å². The van der Waals surface area contributed by atoms with Crippen LogP contribution in [0.4, 0.5) is 0 Å². The maximum atomic E-state index is 10.8. The molecule has 0 aliphatic heterocycles. The monoisotopic (exact) mass is 305 g/mol. The molecule has 0 aromatic carbocycles. The lowest BCUT2D eigenvalue weighted by atomic mass is 10.1. The van der Waals surface area contributed by atoms with Crippen molar-refractivity contribution >= 4 is 14.3 Å². The number of carboxylic acid groups (broad SMARTS) is 1. The lowest BCUT2D eigenvalue weighted by molar-refractivity contribution is -0.144. The van der Waals surface area contributed by atoms with Crippen LogP contribution in [0.15, 0.2) is 0 Å². The summed E-state index contributed by atoms with van der Waals surface area (Å²) in [6.07, 6.45) is 2.17. The minimum atomic E-state index is -1.84. The molecule has 122 valence electrons. The molecule has 20 heavy (non-hydrogen) atoms. The Hall–Kier alpha value is -0.393. The first kappa shape index (κ1) is 21.9. The molecule has 0 radical (unpaired) electrons. The van der Waals surface area contributed by atoms with Gasteiger partial charge in [-0.05, 0) is 44.9 Å². The molecule has 0 spiro atoms. The Balaban J connectivity index is 0. The van der Waals surface area contributed by atoms with Crippen molar-refractivity contribution in [2.24, 2.45) is 11.7 Å². The molecule has 0 amide bonds.